The number of amides is 1. The fraction of sp³-hybridized carbons (Fsp3) is 0.320. The van der Waals surface area contributed by atoms with Gasteiger partial charge in [-0.2, -0.15) is 13.2 Å². The number of ether oxygens (including phenoxy) is 1. The summed E-state index contributed by atoms with van der Waals surface area (Å²) in [5.41, 5.74) is -2.44. The molecule has 210 valence electrons. The highest BCUT2D eigenvalue weighted by atomic mass is 19.4. The largest absolute Gasteiger partial charge is 0.481 e. The Morgan fingerprint density at radius 1 is 1.18 bits per heavy atom. The van der Waals surface area contributed by atoms with Crippen molar-refractivity contribution in [3.05, 3.63) is 63.2 Å². The topological polar surface area (TPSA) is 143 Å². The number of imidazole rings is 1. The first kappa shape index (κ1) is 28.2. The summed E-state index contributed by atoms with van der Waals surface area (Å²) >= 11 is 0. The summed E-state index contributed by atoms with van der Waals surface area (Å²) in [6.07, 6.45) is -2.19. The highest BCUT2D eigenvalue weighted by Crippen LogP contribution is 2.37. The maximum Gasteiger partial charge on any atom is 0.421 e. The van der Waals surface area contributed by atoms with Crippen molar-refractivity contribution >= 4 is 28.7 Å². The van der Waals surface area contributed by atoms with Crippen molar-refractivity contribution in [3.63, 3.8) is 0 Å². The number of halogens is 3. The van der Waals surface area contributed by atoms with E-state index in [1.807, 2.05) is 0 Å². The summed E-state index contributed by atoms with van der Waals surface area (Å²) < 4.78 is 48.2. The molecule has 0 unspecified atom stereocenters. The maximum absolute atomic E-state index is 13.4. The minimum atomic E-state index is -4.71. The number of carbonyl (C=O) groups excluding carboxylic acids is 2. The van der Waals surface area contributed by atoms with E-state index in [2.05, 4.69) is 20.3 Å². The van der Waals surface area contributed by atoms with Gasteiger partial charge in [0, 0.05) is 25.2 Å². The SMILES string of the molecule is CCC(=O)Cn1c(=O)c2c(ncn2[C@@H](C)C(=O)Nc2cccc(-c3cnc(OC)c(C(F)(F)F)c3)n2)n(C)c1=O. The van der Waals surface area contributed by atoms with E-state index in [1.165, 1.54) is 49.3 Å². The first-order valence-electron chi connectivity index (χ1n) is 11.9. The lowest BCUT2D eigenvalue weighted by atomic mass is 10.1. The second kappa shape index (κ2) is 10.7. The Morgan fingerprint density at radius 3 is 2.55 bits per heavy atom. The number of pyridine rings is 2. The van der Waals surface area contributed by atoms with E-state index in [0.717, 1.165) is 22.3 Å². The van der Waals surface area contributed by atoms with Crippen LogP contribution in [0, 0.1) is 0 Å². The van der Waals surface area contributed by atoms with Crippen molar-refractivity contribution in [2.45, 2.75) is 39.0 Å². The fourth-order valence-electron chi connectivity index (χ4n) is 3.99. The van der Waals surface area contributed by atoms with E-state index in [1.54, 1.807) is 6.92 Å². The number of anilines is 1. The van der Waals surface area contributed by atoms with Gasteiger partial charge < -0.3 is 14.6 Å². The molecule has 0 aliphatic rings. The van der Waals surface area contributed by atoms with Crippen LogP contribution in [0.2, 0.25) is 0 Å². The lowest BCUT2D eigenvalue weighted by Crippen LogP contribution is -2.41. The molecule has 0 fully saturated rings. The first-order chi connectivity index (χ1) is 18.9. The van der Waals surface area contributed by atoms with Crippen molar-refractivity contribution in [3.8, 4) is 17.1 Å². The van der Waals surface area contributed by atoms with Crippen LogP contribution in [-0.2, 0) is 29.4 Å². The molecule has 0 saturated carbocycles. The standard InChI is InChI=1S/C25H24F3N7O5/c1-5-15(36)11-34-23(38)19-20(33(3)24(34)39)30-12-35(19)13(2)21(37)32-18-8-6-7-17(31-18)14-9-16(25(26,27)28)22(40-4)29-10-14/h6-10,12-13H,5,11H2,1-4H3,(H,31,32,37)/t13-/m0/s1. The summed E-state index contributed by atoms with van der Waals surface area (Å²) in [5, 5.41) is 2.58. The monoisotopic (exact) mass is 559 g/mol. The van der Waals surface area contributed by atoms with Crippen LogP contribution in [0.3, 0.4) is 0 Å². The van der Waals surface area contributed by atoms with E-state index in [4.69, 9.17) is 4.74 Å². The van der Waals surface area contributed by atoms with Gasteiger partial charge in [0.15, 0.2) is 16.9 Å². The Balaban J connectivity index is 1.66. The summed E-state index contributed by atoms with van der Waals surface area (Å²) in [5.74, 6) is -1.51. The lowest BCUT2D eigenvalue weighted by Gasteiger charge is -2.16. The zero-order valence-corrected chi connectivity index (χ0v) is 21.8. The molecular formula is C25H24F3N7O5. The van der Waals surface area contributed by atoms with Crippen molar-refractivity contribution in [1.82, 2.24) is 28.7 Å². The van der Waals surface area contributed by atoms with Crippen LogP contribution < -0.4 is 21.3 Å². The Kier molecular flexibility index (Phi) is 7.57. The molecule has 4 rings (SSSR count). The van der Waals surface area contributed by atoms with E-state index in [-0.39, 0.29) is 40.4 Å². The van der Waals surface area contributed by atoms with Crippen LogP contribution in [0.5, 0.6) is 5.88 Å². The Morgan fingerprint density at radius 2 is 1.90 bits per heavy atom. The average Bonchev–Trinajstić information content (AvgIpc) is 3.38. The number of hydrogen-bond donors (Lipinski definition) is 1. The van der Waals surface area contributed by atoms with Gasteiger partial charge in [-0.15, -0.1) is 0 Å². The third-order valence-corrected chi connectivity index (χ3v) is 6.23. The number of hydrogen-bond acceptors (Lipinski definition) is 8. The molecule has 0 radical (unpaired) electrons. The predicted molar refractivity (Wildman–Crippen MR) is 137 cm³/mol. The van der Waals surface area contributed by atoms with E-state index < -0.39 is 47.4 Å². The second-order valence-corrected chi connectivity index (χ2v) is 8.80. The molecular weight excluding hydrogens is 535 g/mol. The molecule has 1 N–H and O–H groups in total. The van der Waals surface area contributed by atoms with Crippen molar-refractivity contribution < 1.29 is 27.5 Å². The van der Waals surface area contributed by atoms with Crippen LogP contribution in [0.15, 0.2) is 46.4 Å². The molecule has 0 aliphatic heterocycles. The number of nitrogens with one attached hydrogen (secondary N) is 1. The normalized spacial score (nSPS) is 12.4. The summed E-state index contributed by atoms with van der Waals surface area (Å²) in [6.45, 7) is 2.67. The quantitative estimate of drug-likeness (QED) is 0.347. The van der Waals surface area contributed by atoms with Gasteiger partial charge in [-0.05, 0) is 25.1 Å². The molecule has 1 amide bonds. The summed E-state index contributed by atoms with van der Waals surface area (Å²) in [6, 6.07) is 4.20. The van der Waals surface area contributed by atoms with Gasteiger partial charge >= 0.3 is 11.9 Å². The third kappa shape index (κ3) is 5.21. The Labute approximate surface area is 224 Å². The van der Waals surface area contributed by atoms with Gasteiger partial charge in [-0.1, -0.05) is 13.0 Å². The van der Waals surface area contributed by atoms with Crippen LogP contribution in [0.4, 0.5) is 19.0 Å². The fourth-order valence-corrected chi connectivity index (χ4v) is 3.99. The van der Waals surface area contributed by atoms with Gasteiger partial charge in [-0.25, -0.2) is 19.7 Å². The molecule has 1 atom stereocenters. The van der Waals surface area contributed by atoms with Gasteiger partial charge in [0.25, 0.3) is 5.56 Å². The molecule has 0 aliphatic carbocycles. The highest BCUT2D eigenvalue weighted by molar-refractivity contribution is 5.93. The van der Waals surface area contributed by atoms with Gasteiger partial charge in [0.2, 0.25) is 11.8 Å². The first-order valence-corrected chi connectivity index (χ1v) is 11.9. The molecule has 0 spiro atoms. The number of rotatable bonds is 8. The minimum Gasteiger partial charge on any atom is -0.481 e. The number of carbonyl (C=O) groups is 2. The number of alkyl halides is 3. The molecule has 0 aromatic carbocycles. The van der Waals surface area contributed by atoms with Crippen molar-refractivity contribution in [2.24, 2.45) is 7.05 Å². The molecule has 15 heteroatoms. The number of methoxy groups -OCH3 is 1. The number of Topliss-reactive ketones (excluding diaryl/α,β-unsaturated/α-hetero) is 1. The predicted octanol–water partition coefficient (Wildman–Crippen LogP) is 2.56. The zero-order valence-electron chi connectivity index (χ0n) is 21.8. The van der Waals surface area contributed by atoms with E-state index in [0.29, 0.717) is 0 Å². The van der Waals surface area contributed by atoms with Crippen LogP contribution >= 0.6 is 0 Å². The molecule has 4 aromatic rings. The Hall–Kier alpha value is -4.82. The smallest absolute Gasteiger partial charge is 0.421 e. The minimum absolute atomic E-state index is 0.0292. The van der Waals surface area contributed by atoms with Gasteiger partial charge in [0.1, 0.15) is 17.4 Å². The second-order valence-electron chi connectivity index (χ2n) is 8.80. The van der Waals surface area contributed by atoms with Gasteiger partial charge in [-0.3, -0.25) is 23.5 Å². The van der Waals surface area contributed by atoms with Gasteiger partial charge in [0.05, 0.1) is 25.7 Å². The summed E-state index contributed by atoms with van der Waals surface area (Å²) in [7, 11) is 2.47. The molecule has 40 heavy (non-hydrogen) atoms. The maximum atomic E-state index is 13.4. The molecule has 0 saturated heterocycles. The molecule has 0 bridgehead atoms. The average molecular weight is 560 g/mol. The number of nitrogens with zero attached hydrogens (tertiary/aromatic N) is 6. The Bertz CT molecular complexity index is 1740. The highest BCUT2D eigenvalue weighted by Gasteiger charge is 2.35. The van der Waals surface area contributed by atoms with E-state index >= 15 is 0 Å². The number of aryl methyl sites for hydroxylation is 1. The number of ketones is 1. The molecule has 4 heterocycles. The van der Waals surface area contributed by atoms with Crippen LogP contribution in [0.1, 0.15) is 31.9 Å². The van der Waals surface area contributed by atoms with Crippen molar-refractivity contribution in [2.75, 3.05) is 12.4 Å². The number of fused-ring (bicyclic) bond motifs is 1. The third-order valence-electron chi connectivity index (χ3n) is 6.23. The van der Waals surface area contributed by atoms with Crippen LogP contribution in [0.25, 0.3) is 22.4 Å². The lowest BCUT2D eigenvalue weighted by molar-refractivity contribution is -0.139. The molecule has 4 aromatic heterocycles. The van der Waals surface area contributed by atoms with Crippen LogP contribution in [-0.4, -0.2) is 47.5 Å². The summed E-state index contributed by atoms with van der Waals surface area (Å²) in [4.78, 5) is 63.0. The van der Waals surface area contributed by atoms with E-state index in [9.17, 15) is 32.3 Å². The number of aromatic nitrogens is 6. The molecule has 12 nitrogen and oxygen atoms in total. The van der Waals surface area contributed by atoms with Crippen molar-refractivity contribution in [1.29, 1.82) is 0 Å². The zero-order chi connectivity index (χ0) is 29.4.